The molecule has 0 aliphatic carbocycles. The molecular weight excluding hydrogens is 276 g/mol. The van der Waals surface area contributed by atoms with E-state index in [2.05, 4.69) is 20.7 Å². The van der Waals surface area contributed by atoms with E-state index in [1.165, 1.54) is 13.1 Å². The van der Waals surface area contributed by atoms with Gasteiger partial charge >= 0.3 is 6.03 Å². The van der Waals surface area contributed by atoms with Crippen molar-refractivity contribution in [2.24, 2.45) is 5.10 Å². The number of benzene rings is 2. The number of urea groups is 1. The van der Waals surface area contributed by atoms with Gasteiger partial charge in [-0.1, -0.05) is 36.4 Å². The largest absolute Gasteiger partial charge is 0.339 e. The second-order valence-corrected chi connectivity index (χ2v) is 5.53. The molecular formula is C17H20N4O. The zero-order valence-electron chi connectivity index (χ0n) is 12.7. The van der Waals surface area contributed by atoms with Gasteiger partial charge in [-0.25, -0.2) is 10.2 Å². The topological polar surface area (TPSA) is 56.5 Å². The Hall–Kier alpha value is -2.40. The second-order valence-electron chi connectivity index (χ2n) is 5.53. The van der Waals surface area contributed by atoms with Crippen LogP contribution in [0.3, 0.4) is 0 Å². The summed E-state index contributed by atoms with van der Waals surface area (Å²) in [6.45, 7) is 5.31. The summed E-state index contributed by atoms with van der Waals surface area (Å²) in [5.74, 6) is 0. The third-order valence-electron chi connectivity index (χ3n) is 3.72. The summed E-state index contributed by atoms with van der Waals surface area (Å²) in [6.07, 6.45) is 0.883. The quantitative estimate of drug-likeness (QED) is 0.506. The molecule has 0 radical (unpaired) electrons. The van der Waals surface area contributed by atoms with Gasteiger partial charge in [-0.2, -0.15) is 5.10 Å². The van der Waals surface area contributed by atoms with Crippen LogP contribution in [-0.2, 0) is 0 Å². The molecule has 5 heteroatoms. The molecule has 2 aromatic rings. The lowest BCUT2D eigenvalue weighted by Crippen LogP contribution is -2.25. The van der Waals surface area contributed by atoms with Crippen LogP contribution in [0.4, 0.5) is 10.5 Å². The lowest BCUT2D eigenvalue weighted by molar-refractivity contribution is 0.252. The Bertz CT molecular complexity index is 701. The van der Waals surface area contributed by atoms with Gasteiger partial charge in [0.05, 0.1) is 5.69 Å². The number of carbonyl (C=O) groups is 1. The van der Waals surface area contributed by atoms with Crippen molar-refractivity contribution in [1.82, 2.24) is 10.3 Å². The number of hydrogen-bond acceptors (Lipinski definition) is 3. The van der Waals surface area contributed by atoms with Crippen molar-refractivity contribution in [1.29, 1.82) is 0 Å². The van der Waals surface area contributed by atoms with E-state index in [0.717, 1.165) is 35.1 Å². The van der Waals surface area contributed by atoms with Crippen LogP contribution in [0.2, 0.25) is 0 Å². The molecule has 5 nitrogen and oxygen atoms in total. The van der Waals surface area contributed by atoms with E-state index in [-0.39, 0.29) is 6.03 Å². The first-order valence-corrected chi connectivity index (χ1v) is 7.52. The first-order chi connectivity index (χ1) is 10.7. The minimum absolute atomic E-state index is 0.317. The maximum absolute atomic E-state index is 12.0. The number of fused-ring (bicyclic) bond motifs is 1. The minimum atomic E-state index is -0.317. The van der Waals surface area contributed by atoms with Gasteiger partial charge in [0.2, 0.25) is 0 Å². The highest BCUT2D eigenvalue weighted by Gasteiger charge is 2.16. The molecule has 1 aliphatic rings. The van der Waals surface area contributed by atoms with Crippen molar-refractivity contribution in [2.75, 3.05) is 25.0 Å². The minimum Gasteiger partial charge on any atom is -0.306 e. The fraction of sp³-hybridized carbons (Fsp3) is 0.294. The van der Waals surface area contributed by atoms with Crippen molar-refractivity contribution in [2.45, 2.75) is 13.3 Å². The maximum atomic E-state index is 12.0. The summed E-state index contributed by atoms with van der Waals surface area (Å²) in [7, 11) is 0. The summed E-state index contributed by atoms with van der Waals surface area (Å²) in [5, 5.41) is 9.09. The van der Waals surface area contributed by atoms with Crippen LogP contribution in [0.5, 0.6) is 0 Å². The van der Waals surface area contributed by atoms with Crippen LogP contribution in [0.15, 0.2) is 47.6 Å². The van der Waals surface area contributed by atoms with E-state index in [4.69, 9.17) is 0 Å². The highest BCUT2D eigenvalue weighted by Crippen LogP contribution is 2.22. The Balaban J connectivity index is 1.59. The highest BCUT2D eigenvalue weighted by atomic mass is 16.2. The SMILES string of the molecule is CC(CCN1CC1)=NNC(=O)Nc1cccc2ccccc12. The van der Waals surface area contributed by atoms with Gasteiger partial charge in [0.15, 0.2) is 0 Å². The molecule has 22 heavy (non-hydrogen) atoms. The van der Waals surface area contributed by atoms with E-state index >= 15 is 0 Å². The van der Waals surface area contributed by atoms with Crippen LogP contribution in [-0.4, -0.2) is 36.3 Å². The number of nitrogens with zero attached hydrogens (tertiary/aromatic N) is 2. The van der Waals surface area contributed by atoms with Crippen molar-refractivity contribution in [3.8, 4) is 0 Å². The molecule has 0 bridgehead atoms. The van der Waals surface area contributed by atoms with Crippen molar-refractivity contribution in [3.63, 3.8) is 0 Å². The molecule has 0 spiro atoms. The normalized spacial score (nSPS) is 14.9. The number of amides is 2. The Morgan fingerprint density at radius 1 is 1.18 bits per heavy atom. The number of anilines is 1. The first-order valence-electron chi connectivity index (χ1n) is 7.52. The summed E-state index contributed by atoms with van der Waals surface area (Å²) in [6, 6.07) is 13.5. The van der Waals surface area contributed by atoms with E-state index in [1.54, 1.807) is 0 Å². The Labute approximate surface area is 130 Å². The van der Waals surface area contributed by atoms with Gasteiger partial charge in [0, 0.05) is 30.7 Å². The smallest absolute Gasteiger partial charge is 0.306 e. The molecule has 1 fully saturated rings. The van der Waals surface area contributed by atoms with Crippen LogP contribution in [0, 0.1) is 0 Å². The second kappa shape index (κ2) is 6.58. The molecule has 0 unspecified atom stereocenters. The molecule has 0 atom stereocenters. The standard InChI is InChI=1S/C17H20N4O/c1-13(9-10-21-11-12-21)19-20-17(22)18-16-8-4-6-14-5-2-3-7-15(14)16/h2-8H,9-12H2,1H3,(H2,18,20,22). The monoisotopic (exact) mass is 296 g/mol. The van der Waals surface area contributed by atoms with E-state index < -0.39 is 0 Å². The zero-order valence-corrected chi connectivity index (χ0v) is 12.7. The molecule has 1 heterocycles. The third kappa shape index (κ3) is 3.83. The Kier molecular flexibility index (Phi) is 4.34. The molecule has 1 saturated heterocycles. The van der Waals surface area contributed by atoms with Crippen LogP contribution >= 0.6 is 0 Å². The van der Waals surface area contributed by atoms with Gasteiger partial charge in [0.25, 0.3) is 0 Å². The molecule has 1 aliphatic heterocycles. The van der Waals surface area contributed by atoms with E-state index in [9.17, 15) is 4.79 Å². The fourth-order valence-electron chi connectivity index (χ4n) is 2.30. The number of carbonyl (C=O) groups excluding carboxylic acids is 1. The fourth-order valence-corrected chi connectivity index (χ4v) is 2.30. The Morgan fingerprint density at radius 3 is 2.77 bits per heavy atom. The number of rotatable bonds is 5. The van der Waals surface area contributed by atoms with Gasteiger partial charge in [0.1, 0.15) is 0 Å². The first kappa shape index (κ1) is 14.5. The average molecular weight is 296 g/mol. The van der Waals surface area contributed by atoms with Gasteiger partial charge < -0.3 is 10.2 Å². The number of hydrazone groups is 1. The van der Waals surface area contributed by atoms with Crippen molar-refractivity contribution in [3.05, 3.63) is 42.5 Å². The zero-order chi connectivity index (χ0) is 15.4. The van der Waals surface area contributed by atoms with Crippen LogP contribution in [0.1, 0.15) is 13.3 Å². The maximum Gasteiger partial charge on any atom is 0.339 e. The molecule has 3 rings (SSSR count). The van der Waals surface area contributed by atoms with E-state index in [0.29, 0.717) is 0 Å². The highest BCUT2D eigenvalue weighted by molar-refractivity contribution is 6.01. The predicted octanol–water partition coefficient (Wildman–Crippen LogP) is 3.04. The van der Waals surface area contributed by atoms with Crippen molar-refractivity contribution < 1.29 is 4.79 Å². The van der Waals surface area contributed by atoms with E-state index in [1.807, 2.05) is 49.4 Å². The van der Waals surface area contributed by atoms with Gasteiger partial charge in [-0.3, -0.25) is 0 Å². The molecule has 114 valence electrons. The molecule has 0 saturated carbocycles. The number of hydrogen-bond donors (Lipinski definition) is 2. The predicted molar refractivity (Wildman–Crippen MR) is 90.3 cm³/mol. The molecule has 2 aromatic carbocycles. The van der Waals surface area contributed by atoms with Gasteiger partial charge in [-0.15, -0.1) is 0 Å². The molecule has 2 amide bonds. The molecule has 2 N–H and O–H groups in total. The summed E-state index contributed by atoms with van der Waals surface area (Å²) < 4.78 is 0. The van der Waals surface area contributed by atoms with Gasteiger partial charge in [-0.05, 0) is 24.8 Å². The number of nitrogens with one attached hydrogen (secondary N) is 2. The summed E-state index contributed by atoms with van der Waals surface area (Å²) >= 11 is 0. The lowest BCUT2D eigenvalue weighted by atomic mass is 10.1. The van der Waals surface area contributed by atoms with Crippen molar-refractivity contribution >= 4 is 28.2 Å². The van der Waals surface area contributed by atoms with Crippen LogP contribution in [0.25, 0.3) is 10.8 Å². The Morgan fingerprint density at radius 2 is 1.95 bits per heavy atom. The summed E-state index contributed by atoms with van der Waals surface area (Å²) in [5.41, 5.74) is 4.27. The average Bonchev–Trinajstić information content (AvgIpc) is 3.36. The summed E-state index contributed by atoms with van der Waals surface area (Å²) in [4.78, 5) is 14.3. The third-order valence-corrected chi connectivity index (χ3v) is 3.72. The molecule has 0 aromatic heterocycles. The lowest BCUT2D eigenvalue weighted by Gasteiger charge is -2.08. The van der Waals surface area contributed by atoms with Crippen LogP contribution < -0.4 is 10.7 Å².